The summed E-state index contributed by atoms with van der Waals surface area (Å²) in [6.45, 7) is 7.34. The maximum absolute atomic E-state index is 11.9. The molecule has 0 saturated carbocycles. The second-order valence-corrected chi connectivity index (χ2v) is 9.05. The molecule has 0 bridgehead atoms. The molecule has 1 aliphatic heterocycles. The Kier molecular flexibility index (Phi) is 4.29. The van der Waals surface area contributed by atoms with Gasteiger partial charge in [0.1, 0.15) is 5.76 Å². The second-order valence-electron chi connectivity index (χ2n) is 7.04. The van der Waals surface area contributed by atoms with Crippen molar-refractivity contribution in [2.24, 2.45) is 0 Å². The zero-order chi connectivity index (χ0) is 17.4. The predicted octanol–water partition coefficient (Wildman–Crippen LogP) is 3.12. The molecule has 0 spiro atoms. The number of aromatic nitrogens is 1. The minimum absolute atomic E-state index is 0.0736. The van der Waals surface area contributed by atoms with Crippen LogP contribution in [0.2, 0.25) is 0 Å². The number of hydrogen-bond acceptors (Lipinski definition) is 5. The van der Waals surface area contributed by atoms with E-state index in [1.54, 1.807) is 6.20 Å². The molecule has 0 atom stereocenters. The van der Waals surface area contributed by atoms with Gasteiger partial charge in [-0.3, -0.25) is 4.31 Å². The van der Waals surface area contributed by atoms with Crippen LogP contribution in [-0.4, -0.2) is 25.7 Å². The van der Waals surface area contributed by atoms with Gasteiger partial charge in [0.2, 0.25) is 10.0 Å². The molecule has 0 amide bonds. The van der Waals surface area contributed by atoms with E-state index < -0.39 is 10.0 Å². The Hall–Kier alpha value is -2.02. The quantitative estimate of drug-likeness (QED) is 0.918. The number of anilines is 2. The first-order valence-electron chi connectivity index (χ1n) is 8.05. The third-order valence-electron chi connectivity index (χ3n) is 4.01. The van der Waals surface area contributed by atoms with Gasteiger partial charge in [0.05, 0.1) is 17.6 Å². The summed E-state index contributed by atoms with van der Waals surface area (Å²) in [5.41, 5.74) is 1.68. The first kappa shape index (κ1) is 16.8. The standard InChI is InChI=1S/C17H23N3O3S/c1-17(2,3)15-12-19-16(23-15)18-11-13-5-7-14(8-6-13)20-9-4-10-24(20,21)22/h5-8,12H,4,9-11H2,1-3H3,(H,18,19). The van der Waals surface area contributed by atoms with E-state index in [-0.39, 0.29) is 11.2 Å². The minimum atomic E-state index is -3.13. The normalized spacial score (nSPS) is 17.2. The van der Waals surface area contributed by atoms with Crippen molar-refractivity contribution in [3.05, 3.63) is 41.8 Å². The van der Waals surface area contributed by atoms with Gasteiger partial charge in [-0.15, -0.1) is 0 Å². The van der Waals surface area contributed by atoms with E-state index in [2.05, 4.69) is 31.1 Å². The van der Waals surface area contributed by atoms with E-state index in [1.165, 1.54) is 4.31 Å². The molecule has 1 aromatic heterocycles. The van der Waals surface area contributed by atoms with Crippen LogP contribution < -0.4 is 9.62 Å². The average Bonchev–Trinajstić information content (AvgIpc) is 3.11. The number of nitrogens with one attached hydrogen (secondary N) is 1. The van der Waals surface area contributed by atoms with Crippen LogP contribution in [0.5, 0.6) is 0 Å². The summed E-state index contributed by atoms with van der Waals surface area (Å²) >= 11 is 0. The zero-order valence-corrected chi connectivity index (χ0v) is 15.1. The molecule has 130 valence electrons. The van der Waals surface area contributed by atoms with E-state index in [0.717, 1.165) is 17.0 Å². The topological polar surface area (TPSA) is 75.4 Å². The second kappa shape index (κ2) is 6.12. The van der Waals surface area contributed by atoms with Gasteiger partial charge >= 0.3 is 0 Å². The first-order chi connectivity index (χ1) is 11.3. The van der Waals surface area contributed by atoms with Crippen molar-refractivity contribution in [3.8, 4) is 0 Å². The van der Waals surface area contributed by atoms with E-state index in [0.29, 0.717) is 25.5 Å². The van der Waals surface area contributed by atoms with Gasteiger partial charge in [-0.2, -0.15) is 0 Å². The molecule has 0 unspecified atom stereocenters. The molecule has 1 N–H and O–H groups in total. The fraction of sp³-hybridized carbons (Fsp3) is 0.471. The fourth-order valence-corrected chi connectivity index (χ4v) is 4.15. The summed E-state index contributed by atoms with van der Waals surface area (Å²) in [6, 6.07) is 8.02. The summed E-state index contributed by atoms with van der Waals surface area (Å²) < 4.78 is 31.0. The lowest BCUT2D eigenvalue weighted by atomic mass is 9.94. The van der Waals surface area contributed by atoms with Crippen LogP contribution in [0.3, 0.4) is 0 Å². The summed E-state index contributed by atoms with van der Waals surface area (Å²) in [7, 11) is -3.13. The van der Waals surface area contributed by atoms with Gasteiger partial charge < -0.3 is 9.73 Å². The van der Waals surface area contributed by atoms with Crippen LogP contribution in [0.4, 0.5) is 11.7 Å². The Morgan fingerprint density at radius 2 is 1.96 bits per heavy atom. The van der Waals surface area contributed by atoms with Gasteiger partial charge in [0, 0.05) is 18.5 Å². The van der Waals surface area contributed by atoms with Gasteiger partial charge in [-0.25, -0.2) is 13.4 Å². The highest BCUT2D eigenvalue weighted by Gasteiger charge is 2.28. The third-order valence-corrected chi connectivity index (χ3v) is 5.88. The molecule has 7 heteroatoms. The van der Waals surface area contributed by atoms with Crippen molar-refractivity contribution < 1.29 is 12.8 Å². The van der Waals surface area contributed by atoms with Crippen LogP contribution in [-0.2, 0) is 22.0 Å². The highest BCUT2D eigenvalue weighted by Crippen LogP contribution is 2.26. The average molecular weight is 349 g/mol. The molecule has 1 fully saturated rings. The third kappa shape index (κ3) is 3.56. The molecule has 1 saturated heterocycles. The molecule has 0 aliphatic carbocycles. The van der Waals surface area contributed by atoms with Gasteiger partial charge in [0.15, 0.2) is 0 Å². The van der Waals surface area contributed by atoms with Gasteiger partial charge in [-0.05, 0) is 24.1 Å². The van der Waals surface area contributed by atoms with Crippen LogP contribution >= 0.6 is 0 Å². The van der Waals surface area contributed by atoms with Crippen molar-refractivity contribution in [3.63, 3.8) is 0 Å². The Balaban J connectivity index is 1.64. The Bertz CT molecular complexity index is 804. The Labute approximate surface area is 142 Å². The Morgan fingerprint density at radius 3 is 2.50 bits per heavy atom. The zero-order valence-electron chi connectivity index (χ0n) is 14.2. The fourth-order valence-electron chi connectivity index (χ4n) is 2.59. The lowest BCUT2D eigenvalue weighted by Gasteiger charge is -2.17. The first-order valence-corrected chi connectivity index (χ1v) is 9.66. The van der Waals surface area contributed by atoms with Crippen LogP contribution in [0, 0.1) is 0 Å². The largest absolute Gasteiger partial charge is 0.428 e. The summed E-state index contributed by atoms with van der Waals surface area (Å²) in [5.74, 6) is 1.07. The predicted molar refractivity (Wildman–Crippen MR) is 94.7 cm³/mol. The molecule has 6 nitrogen and oxygen atoms in total. The lowest BCUT2D eigenvalue weighted by Crippen LogP contribution is -2.24. The van der Waals surface area contributed by atoms with Gasteiger partial charge in [0.25, 0.3) is 6.01 Å². The molecule has 3 rings (SSSR count). The van der Waals surface area contributed by atoms with E-state index >= 15 is 0 Å². The SMILES string of the molecule is CC(C)(C)c1cnc(NCc2ccc(N3CCCS3(=O)=O)cc2)o1. The lowest BCUT2D eigenvalue weighted by molar-refractivity contribution is 0.415. The summed E-state index contributed by atoms with van der Waals surface area (Å²) in [6.07, 6.45) is 2.43. The van der Waals surface area contributed by atoms with Crippen molar-refractivity contribution in [2.75, 3.05) is 21.9 Å². The van der Waals surface area contributed by atoms with Crippen molar-refractivity contribution in [1.29, 1.82) is 0 Å². The van der Waals surface area contributed by atoms with Crippen LogP contribution in [0.1, 0.15) is 38.5 Å². The summed E-state index contributed by atoms with van der Waals surface area (Å²) in [4.78, 5) is 4.23. The maximum atomic E-state index is 11.9. The van der Waals surface area contributed by atoms with Crippen LogP contribution in [0.25, 0.3) is 0 Å². The number of benzene rings is 1. The molecule has 0 radical (unpaired) electrons. The number of rotatable bonds is 4. The maximum Gasteiger partial charge on any atom is 0.295 e. The van der Waals surface area contributed by atoms with E-state index in [1.807, 2.05) is 24.3 Å². The molecular formula is C17H23N3O3S. The van der Waals surface area contributed by atoms with Crippen molar-refractivity contribution in [1.82, 2.24) is 4.98 Å². The molecule has 24 heavy (non-hydrogen) atoms. The molecule has 2 heterocycles. The molecule has 1 aromatic carbocycles. The summed E-state index contributed by atoms with van der Waals surface area (Å²) in [5, 5.41) is 3.15. The number of hydrogen-bond donors (Lipinski definition) is 1. The number of nitrogens with zero attached hydrogens (tertiary/aromatic N) is 2. The minimum Gasteiger partial charge on any atom is -0.428 e. The number of sulfonamides is 1. The van der Waals surface area contributed by atoms with Crippen molar-refractivity contribution >= 4 is 21.7 Å². The molecular weight excluding hydrogens is 326 g/mol. The smallest absolute Gasteiger partial charge is 0.295 e. The number of oxazole rings is 1. The van der Waals surface area contributed by atoms with Crippen molar-refractivity contribution in [2.45, 2.75) is 39.2 Å². The van der Waals surface area contributed by atoms with Crippen LogP contribution in [0.15, 0.2) is 34.9 Å². The monoisotopic (exact) mass is 349 g/mol. The highest BCUT2D eigenvalue weighted by molar-refractivity contribution is 7.93. The van der Waals surface area contributed by atoms with Gasteiger partial charge in [-0.1, -0.05) is 32.9 Å². The molecule has 2 aromatic rings. The molecule has 1 aliphatic rings. The Morgan fingerprint density at radius 1 is 1.25 bits per heavy atom. The highest BCUT2D eigenvalue weighted by atomic mass is 32.2. The van der Waals surface area contributed by atoms with E-state index in [9.17, 15) is 8.42 Å². The van der Waals surface area contributed by atoms with E-state index in [4.69, 9.17) is 4.42 Å².